The summed E-state index contributed by atoms with van der Waals surface area (Å²) in [7, 11) is 0. The van der Waals surface area contributed by atoms with E-state index in [4.69, 9.17) is 0 Å². The van der Waals surface area contributed by atoms with Gasteiger partial charge in [0.2, 0.25) is 0 Å². The molecule has 0 aromatic heterocycles. The van der Waals surface area contributed by atoms with Crippen molar-refractivity contribution in [3.05, 3.63) is 39.7 Å². The molecule has 1 fully saturated rings. The first kappa shape index (κ1) is 13.5. The van der Waals surface area contributed by atoms with Gasteiger partial charge in [-0.3, -0.25) is 14.9 Å². The topological polar surface area (TPSA) is 63.5 Å². The lowest BCUT2D eigenvalue weighted by molar-refractivity contribution is -0.385. The van der Waals surface area contributed by atoms with Gasteiger partial charge < -0.3 is 4.90 Å². The summed E-state index contributed by atoms with van der Waals surface area (Å²) in [6, 6.07) is 3.14. The fourth-order valence-corrected chi connectivity index (χ4v) is 2.07. The maximum atomic E-state index is 13.2. The molecule has 0 radical (unpaired) electrons. The Morgan fingerprint density at radius 2 is 2.21 bits per heavy atom. The Balaban J connectivity index is 2.35. The quantitative estimate of drug-likeness (QED) is 0.608. The smallest absolute Gasteiger partial charge is 0.282 e. The van der Waals surface area contributed by atoms with Crippen LogP contribution in [0.5, 0.6) is 0 Å². The van der Waals surface area contributed by atoms with Crippen molar-refractivity contribution < 1.29 is 14.1 Å². The van der Waals surface area contributed by atoms with E-state index in [9.17, 15) is 19.3 Å². The van der Waals surface area contributed by atoms with Crippen LogP contribution >= 0.6 is 0 Å². The average Bonchev–Trinajstić information content (AvgIpc) is 3.19. The summed E-state index contributed by atoms with van der Waals surface area (Å²) in [6.07, 6.45) is 2.59. The Morgan fingerprint density at radius 1 is 1.53 bits per heavy atom. The van der Waals surface area contributed by atoms with Crippen molar-refractivity contribution in [2.45, 2.75) is 32.2 Å². The summed E-state index contributed by atoms with van der Waals surface area (Å²) in [4.78, 5) is 24.2. The zero-order valence-corrected chi connectivity index (χ0v) is 10.6. The highest BCUT2D eigenvalue weighted by molar-refractivity contribution is 5.98. The number of amides is 1. The molecule has 1 aliphatic rings. The van der Waals surface area contributed by atoms with Crippen LogP contribution in [0.25, 0.3) is 0 Å². The number of carbonyl (C=O) groups excluding carboxylic acids is 1. The number of halogens is 1. The van der Waals surface area contributed by atoms with E-state index in [2.05, 4.69) is 0 Å². The van der Waals surface area contributed by atoms with Gasteiger partial charge in [-0.15, -0.1) is 0 Å². The number of rotatable bonds is 5. The molecule has 2 rings (SSSR count). The lowest BCUT2D eigenvalue weighted by Crippen LogP contribution is -2.34. The third-order valence-corrected chi connectivity index (χ3v) is 3.10. The summed E-state index contributed by atoms with van der Waals surface area (Å²) >= 11 is 0. The molecule has 102 valence electrons. The number of nitro groups is 1. The molecule has 1 amide bonds. The first-order chi connectivity index (χ1) is 9.04. The van der Waals surface area contributed by atoms with E-state index in [0.29, 0.717) is 6.54 Å². The minimum absolute atomic E-state index is 0.148. The Labute approximate surface area is 110 Å². The third-order valence-electron chi connectivity index (χ3n) is 3.10. The number of benzene rings is 1. The minimum Gasteiger partial charge on any atom is -0.335 e. The summed E-state index contributed by atoms with van der Waals surface area (Å²) in [5.41, 5.74) is -0.501. The van der Waals surface area contributed by atoms with Gasteiger partial charge in [0.1, 0.15) is 11.4 Å². The van der Waals surface area contributed by atoms with Crippen LogP contribution in [-0.4, -0.2) is 28.3 Å². The second-order valence-corrected chi connectivity index (χ2v) is 4.65. The molecule has 6 heteroatoms. The van der Waals surface area contributed by atoms with E-state index in [1.807, 2.05) is 6.92 Å². The maximum Gasteiger partial charge on any atom is 0.282 e. The van der Waals surface area contributed by atoms with Crippen LogP contribution in [0.4, 0.5) is 10.1 Å². The summed E-state index contributed by atoms with van der Waals surface area (Å²) < 4.78 is 13.2. The first-order valence-corrected chi connectivity index (χ1v) is 6.29. The molecule has 1 aromatic carbocycles. The highest BCUT2D eigenvalue weighted by Crippen LogP contribution is 2.30. The molecule has 0 N–H and O–H groups in total. The molecule has 1 aliphatic carbocycles. The highest BCUT2D eigenvalue weighted by Gasteiger charge is 2.35. The van der Waals surface area contributed by atoms with E-state index < -0.39 is 16.6 Å². The molecule has 0 spiro atoms. The van der Waals surface area contributed by atoms with Crippen LogP contribution in [0.2, 0.25) is 0 Å². The van der Waals surface area contributed by atoms with Crippen LogP contribution < -0.4 is 0 Å². The Kier molecular flexibility index (Phi) is 3.78. The summed E-state index contributed by atoms with van der Waals surface area (Å²) in [6.45, 7) is 2.47. The molecule has 0 aliphatic heterocycles. The van der Waals surface area contributed by atoms with Gasteiger partial charge in [0.25, 0.3) is 11.6 Å². The molecule has 1 saturated carbocycles. The van der Waals surface area contributed by atoms with E-state index in [0.717, 1.165) is 37.5 Å². The SMILES string of the molecule is CCCN(C(=O)c1cc(F)ccc1[N+](=O)[O-])C1CC1. The van der Waals surface area contributed by atoms with Crippen molar-refractivity contribution in [2.75, 3.05) is 6.54 Å². The standard InChI is InChI=1S/C13H15FN2O3/c1-2-7-15(10-4-5-10)13(17)11-8-9(14)3-6-12(11)16(18)19/h3,6,8,10H,2,4-5,7H2,1H3. The van der Waals surface area contributed by atoms with Gasteiger partial charge >= 0.3 is 0 Å². The summed E-state index contributed by atoms with van der Waals surface area (Å²) in [5, 5.41) is 10.9. The van der Waals surface area contributed by atoms with Crippen molar-refractivity contribution in [3.63, 3.8) is 0 Å². The van der Waals surface area contributed by atoms with Gasteiger partial charge in [0.05, 0.1) is 4.92 Å². The molecule has 0 unspecified atom stereocenters. The van der Waals surface area contributed by atoms with Crippen LogP contribution in [0.1, 0.15) is 36.5 Å². The van der Waals surface area contributed by atoms with Gasteiger partial charge in [0, 0.05) is 18.7 Å². The van der Waals surface area contributed by atoms with Crippen molar-refractivity contribution in [1.29, 1.82) is 0 Å². The average molecular weight is 266 g/mol. The van der Waals surface area contributed by atoms with Gasteiger partial charge in [-0.25, -0.2) is 4.39 Å². The predicted molar refractivity (Wildman–Crippen MR) is 67.4 cm³/mol. The molecule has 0 heterocycles. The fraction of sp³-hybridized carbons (Fsp3) is 0.462. The second kappa shape index (κ2) is 5.34. The number of nitrogens with zero attached hydrogens (tertiary/aromatic N) is 2. The Hall–Kier alpha value is -1.98. The number of hydrogen-bond acceptors (Lipinski definition) is 3. The van der Waals surface area contributed by atoms with Crippen molar-refractivity contribution >= 4 is 11.6 Å². The number of carbonyl (C=O) groups is 1. The minimum atomic E-state index is -0.649. The Morgan fingerprint density at radius 3 is 2.74 bits per heavy atom. The van der Waals surface area contributed by atoms with Gasteiger partial charge in [-0.2, -0.15) is 0 Å². The highest BCUT2D eigenvalue weighted by atomic mass is 19.1. The van der Waals surface area contributed by atoms with Crippen LogP contribution in [0, 0.1) is 15.9 Å². The molecule has 5 nitrogen and oxygen atoms in total. The largest absolute Gasteiger partial charge is 0.335 e. The maximum absolute atomic E-state index is 13.2. The molecule has 1 aromatic rings. The van der Waals surface area contributed by atoms with E-state index in [1.165, 1.54) is 0 Å². The fourth-order valence-electron chi connectivity index (χ4n) is 2.07. The lowest BCUT2D eigenvalue weighted by Gasteiger charge is -2.21. The van der Waals surface area contributed by atoms with Crippen molar-refractivity contribution in [1.82, 2.24) is 4.90 Å². The molecular formula is C13H15FN2O3. The third kappa shape index (κ3) is 2.89. The monoisotopic (exact) mass is 266 g/mol. The normalized spacial score (nSPS) is 14.2. The van der Waals surface area contributed by atoms with Crippen LogP contribution in [-0.2, 0) is 0 Å². The van der Waals surface area contributed by atoms with Gasteiger partial charge in [-0.05, 0) is 31.4 Å². The molecule has 0 saturated heterocycles. The van der Waals surface area contributed by atoms with Crippen LogP contribution in [0.3, 0.4) is 0 Å². The van der Waals surface area contributed by atoms with Crippen LogP contribution in [0.15, 0.2) is 18.2 Å². The second-order valence-electron chi connectivity index (χ2n) is 4.65. The van der Waals surface area contributed by atoms with E-state index >= 15 is 0 Å². The number of hydrogen-bond donors (Lipinski definition) is 0. The summed E-state index contributed by atoms with van der Waals surface area (Å²) in [5.74, 6) is -1.09. The van der Waals surface area contributed by atoms with Gasteiger partial charge in [-0.1, -0.05) is 6.92 Å². The van der Waals surface area contributed by atoms with Gasteiger partial charge in [0.15, 0.2) is 0 Å². The molecular weight excluding hydrogens is 251 g/mol. The zero-order valence-electron chi connectivity index (χ0n) is 10.6. The molecule has 0 atom stereocenters. The zero-order chi connectivity index (χ0) is 14.0. The predicted octanol–water partition coefficient (Wildman–Crippen LogP) is 2.75. The molecule has 19 heavy (non-hydrogen) atoms. The van der Waals surface area contributed by atoms with E-state index in [1.54, 1.807) is 4.90 Å². The number of nitro benzene ring substituents is 1. The van der Waals surface area contributed by atoms with Crippen molar-refractivity contribution in [2.24, 2.45) is 0 Å². The molecule has 0 bridgehead atoms. The first-order valence-electron chi connectivity index (χ1n) is 6.29. The van der Waals surface area contributed by atoms with E-state index in [-0.39, 0.29) is 17.3 Å². The lowest BCUT2D eigenvalue weighted by atomic mass is 10.1. The van der Waals surface area contributed by atoms with Crippen molar-refractivity contribution in [3.8, 4) is 0 Å². The Bertz CT molecular complexity index is 515.